The molecule has 25 heavy (non-hydrogen) atoms. The lowest BCUT2D eigenvalue weighted by molar-refractivity contribution is 0.0954. The van der Waals surface area contributed by atoms with E-state index in [0.717, 1.165) is 25.5 Å². The molecule has 0 spiro atoms. The van der Waals surface area contributed by atoms with Crippen molar-refractivity contribution in [2.75, 3.05) is 39.4 Å². The Hall–Kier alpha value is -1.55. The molecular formula is C17H29IN4O3. The van der Waals surface area contributed by atoms with Crippen molar-refractivity contribution in [2.24, 2.45) is 4.99 Å². The quantitative estimate of drug-likeness (QED) is 0.183. The summed E-state index contributed by atoms with van der Waals surface area (Å²) in [4.78, 5) is 16.4. The van der Waals surface area contributed by atoms with Gasteiger partial charge in [0.25, 0.3) is 5.91 Å². The summed E-state index contributed by atoms with van der Waals surface area (Å²) in [5, 5.41) is 18.4. The number of benzene rings is 1. The van der Waals surface area contributed by atoms with Crippen LogP contribution in [0.4, 0.5) is 0 Å². The summed E-state index contributed by atoms with van der Waals surface area (Å²) in [7, 11) is 0. The number of guanidine groups is 1. The number of hydrogen-bond acceptors (Lipinski definition) is 4. The largest absolute Gasteiger partial charge is 0.508 e. The Morgan fingerprint density at radius 3 is 2.44 bits per heavy atom. The Morgan fingerprint density at radius 1 is 1.12 bits per heavy atom. The third-order valence-electron chi connectivity index (χ3n) is 3.10. The fraction of sp³-hybridized carbons (Fsp3) is 0.529. The second kappa shape index (κ2) is 14.8. The van der Waals surface area contributed by atoms with Crippen LogP contribution in [-0.4, -0.2) is 56.4 Å². The van der Waals surface area contributed by atoms with Crippen molar-refractivity contribution in [2.45, 2.75) is 20.3 Å². The standard InChI is InChI=1S/C17H28N4O3.HI/c1-3-18-17(20-10-5-13-24-4-2)21-12-11-19-16(23)14-6-8-15(22)9-7-14;/h6-9,22H,3-5,10-13H2,1-2H3,(H,19,23)(H2,18,20,21);1H. The van der Waals surface area contributed by atoms with Gasteiger partial charge in [0.15, 0.2) is 5.96 Å². The van der Waals surface area contributed by atoms with Crippen molar-refractivity contribution in [3.63, 3.8) is 0 Å². The molecule has 4 N–H and O–H groups in total. The zero-order valence-corrected chi connectivity index (χ0v) is 17.2. The van der Waals surface area contributed by atoms with Crippen LogP contribution in [0.1, 0.15) is 30.6 Å². The first kappa shape index (κ1) is 23.4. The number of aromatic hydroxyl groups is 1. The van der Waals surface area contributed by atoms with Gasteiger partial charge in [-0.3, -0.25) is 9.79 Å². The number of carbonyl (C=O) groups is 1. The average Bonchev–Trinajstić information content (AvgIpc) is 2.58. The van der Waals surface area contributed by atoms with Crippen molar-refractivity contribution in [3.8, 4) is 5.75 Å². The fourth-order valence-corrected chi connectivity index (χ4v) is 1.92. The van der Waals surface area contributed by atoms with Crippen LogP contribution in [0, 0.1) is 0 Å². The number of phenolic OH excluding ortho intramolecular Hbond substituents is 1. The van der Waals surface area contributed by atoms with Crippen molar-refractivity contribution in [1.82, 2.24) is 16.0 Å². The van der Waals surface area contributed by atoms with Gasteiger partial charge in [-0.05, 0) is 44.5 Å². The summed E-state index contributed by atoms with van der Waals surface area (Å²) in [5.74, 6) is 0.701. The Morgan fingerprint density at radius 2 is 1.80 bits per heavy atom. The molecule has 8 heteroatoms. The van der Waals surface area contributed by atoms with Gasteiger partial charge in [0.2, 0.25) is 0 Å². The molecular weight excluding hydrogens is 435 g/mol. The van der Waals surface area contributed by atoms with Crippen LogP contribution in [-0.2, 0) is 4.74 Å². The van der Waals surface area contributed by atoms with Crippen molar-refractivity contribution >= 4 is 35.8 Å². The SMILES string of the molecule is CCNC(=NCCCOCC)NCCNC(=O)c1ccc(O)cc1.I. The third kappa shape index (κ3) is 10.8. The monoisotopic (exact) mass is 464 g/mol. The molecule has 0 unspecified atom stereocenters. The highest BCUT2D eigenvalue weighted by Crippen LogP contribution is 2.09. The Balaban J connectivity index is 0.00000576. The number of nitrogens with zero attached hydrogens (tertiary/aromatic N) is 1. The van der Waals surface area contributed by atoms with Crippen molar-refractivity contribution in [1.29, 1.82) is 0 Å². The summed E-state index contributed by atoms with van der Waals surface area (Å²) in [6, 6.07) is 6.15. The number of carbonyl (C=O) groups excluding carboxylic acids is 1. The number of ether oxygens (including phenoxy) is 1. The predicted molar refractivity (Wildman–Crippen MR) is 111 cm³/mol. The minimum absolute atomic E-state index is 0. The van der Waals surface area contributed by atoms with Crippen LogP contribution in [0.2, 0.25) is 0 Å². The summed E-state index contributed by atoms with van der Waals surface area (Å²) >= 11 is 0. The highest BCUT2D eigenvalue weighted by Gasteiger charge is 2.04. The van der Waals surface area contributed by atoms with Crippen LogP contribution in [0.15, 0.2) is 29.3 Å². The van der Waals surface area contributed by atoms with Crippen LogP contribution in [0.5, 0.6) is 5.75 Å². The molecule has 0 aromatic heterocycles. The summed E-state index contributed by atoms with van der Waals surface area (Å²) in [6.45, 7) is 7.92. The minimum atomic E-state index is -0.171. The smallest absolute Gasteiger partial charge is 0.251 e. The number of rotatable bonds is 10. The van der Waals surface area contributed by atoms with E-state index < -0.39 is 0 Å². The normalized spacial score (nSPS) is 10.7. The van der Waals surface area contributed by atoms with E-state index in [0.29, 0.717) is 31.8 Å². The lowest BCUT2D eigenvalue weighted by Gasteiger charge is -2.12. The highest BCUT2D eigenvalue weighted by atomic mass is 127. The molecule has 1 aromatic carbocycles. The van der Waals surface area contributed by atoms with E-state index >= 15 is 0 Å². The van der Waals surface area contributed by atoms with E-state index in [4.69, 9.17) is 4.74 Å². The molecule has 0 aliphatic heterocycles. The summed E-state index contributed by atoms with van der Waals surface area (Å²) in [5.41, 5.74) is 0.518. The number of aliphatic imine (C=N–C) groups is 1. The molecule has 1 aromatic rings. The number of amides is 1. The van der Waals surface area contributed by atoms with Gasteiger partial charge in [0.1, 0.15) is 5.75 Å². The lowest BCUT2D eigenvalue weighted by atomic mass is 10.2. The third-order valence-corrected chi connectivity index (χ3v) is 3.10. The molecule has 0 atom stereocenters. The van der Waals surface area contributed by atoms with Gasteiger partial charge >= 0.3 is 0 Å². The minimum Gasteiger partial charge on any atom is -0.508 e. The molecule has 0 fully saturated rings. The van der Waals surface area contributed by atoms with Gasteiger partial charge in [-0.1, -0.05) is 0 Å². The van der Waals surface area contributed by atoms with Gasteiger partial charge in [-0.25, -0.2) is 0 Å². The summed E-state index contributed by atoms with van der Waals surface area (Å²) < 4.78 is 5.28. The second-order valence-corrected chi connectivity index (χ2v) is 5.04. The van der Waals surface area contributed by atoms with E-state index in [1.807, 2.05) is 13.8 Å². The molecule has 0 aliphatic carbocycles. The first-order valence-electron chi connectivity index (χ1n) is 8.34. The van der Waals surface area contributed by atoms with E-state index in [1.54, 1.807) is 12.1 Å². The van der Waals surface area contributed by atoms with Gasteiger partial charge in [-0.15, -0.1) is 24.0 Å². The Labute approximate surface area is 166 Å². The predicted octanol–water partition coefficient (Wildman–Crippen LogP) is 1.72. The molecule has 0 aliphatic rings. The maximum atomic E-state index is 11.9. The topological polar surface area (TPSA) is 95.0 Å². The Bertz CT molecular complexity index is 509. The van der Waals surface area contributed by atoms with Crippen LogP contribution in [0.25, 0.3) is 0 Å². The number of hydrogen-bond donors (Lipinski definition) is 4. The first-order valence-corrected chi connectivity index (χ1v) is 8.34. The van der Waals surface area contributed by atoms with Gasteiger partial charge in [0, 0.05) is 45.0 Å². The number of phenols is 1. The second-order valence-electron chi connectivity index (χ2n) is 5.04. The maximum absolute atomic E-state index is 11.9. The van der Waals surface area contributed by atoms with Gasteiger partial charge in [0.05, 0.1) is 0 Å². The van der Waals surface area contributed by atoms with Crippen molar-refractivity contribution in [3.05, 3.63) is 29.8 Å². The fourth-order valence-electron chi connectivity index (χ4n) is 1.92. The van der Waals surface area contributed by atoms with E-state index in [9.17, 15) is 9.90 Å². The highest BCUT2D eigenvalue weighted by molar-refractivity contribution is 14.0. The van der Waals surface area contributed by atoms with Gasteiger partial charge < -0.3 is 25.8 Å². The zero-order chi connectivity index (χ0) is 17.6. The molecule has 142 valence electrons. The van der Waals surface area contributed by atoms with Gasteiger partial charge in [-0.2, -0.15) is 0 Å². The maximum Gasteiger partial charge on any atom is 0.251 e. The molecule has 0 heterocycles. The van der Waals surface area contributed by atoms with E-state index in [1.165, 1.54) is 12.1 Å². The zero-order valence-electron chi connectivity index (χ0n) is 14.9. The number of halogens is 1. The van der Waals surface area contributed by atoms with E-state index in [2.05, 4.69) is 20.9 Å². The molecule has 0 saturated heterocycles. The number of nitrogens with one attached hydrogen (secondary N) is 3. The van der Waals surface area contributed by atoms with Crippen LogP contribution in [0.3, 0.4) is 0 Å². The van der Waals surface area contributed by atoms with E-state index in [-0.39, 0.29) is 35.6 Å². The average molecular weight is 464 g/mol. The Kier molecular flexibility index (Phi) is 13.8. The first-order chi connectivity index (χ1) is 11.7. The van der Waals surface area contributed by atoms with Crippen molar-refractivity contribution < 1.29 is 14.6 Å². The molecule has 0 saturated carbocycles. The molecule has 7 nitrogen and oxygen atoms in total. The molecule has 0 bridgehead atoms. The van der Waals surface area contributed by atoms with Crippen LogP contribution < -0.4 is 16.0 Å². The lowest BCUT2D eigenvalue weighted by Crippen LogP contribution is -2.41. The van der Waals surface area contributed by atoms with Crippen LogP contribution >= 0.6 is 24.0 Å². The molecule has 1 rings (SSSR count). The molecule has 1 amide bonds. The molecule has 0 radical (unpaired) electrons. The summed E-state index contributed by atoms with van der Waals surface area (Å²) in [6.07, 6.45) is 0.877.